The molecule has 120 valence electrons. The Morgan fingerprint density at radius 1 is 1.35 bits per heavy atom. The Kier molecular flexibility index (Phi) is 4.88. The number of pyridine rings is 1. The zero-order valence-corrected chi connectivity index (χ0v) is 12.9. The molecular weight excluding hydrogens is 290 g/mol. The van der Waals surface area contributed by atoms with E-state index in [2.05, 4.69) is 10.3 Å². The number of rotatable bonds is 7. The van der Waals surface area contributed by atoms with E-state index in [0.29, 0.717) is 30.4 Å². The largest absolute Gasteiger partial charge is 0.489 e. The summed E-state index contributed by atoms with van der Waals surface area (Å²) in [7, 11) is 0. The van der Waals surface area contributed by atoms with Crippen molar-refractivity contribution in [2.75, 3.05) is 6.54 Å². The van der Waals surface area contributed by atoms with Gasteiger partial charge in [0.2, 0.25) is 0 Å². The van der Waals surface area contributed by atoms with Crippen LogP contribution in [0.25, 0.3) is 0 Å². The van der Waals surface area contributed by atoms with Gasteiger partial charge in [0.15, 0.2) is 0 Å². The van der Waals surface area contributed by atoms with Crippen LogP contribution in [0.1, 0.15) is 28.8 Å². The van der Waals surface area contributed by atoms with Crippen LogP contribution in [0.5, 0.6) is 5.75 Å². The predicted octanol–water partition coefficient (Wildman–Crippen LogP) is 2.13. The monoisotopic (exact) mass is 311 g/mol. The summed E-state index contributed by atoms with van der Waals surface area (Å²) in [4.78, 5) is 16.2. The average molecular weight is 311 g/mol. The van der Waals surface area contributed by atoms with E-state index in [4.69, 9.17) is 10.5 Å². The topological polar surface area (TPSA) is 77.2 Å². The molecule has 0 spiro atoms. The number of amides is 1. The average Bonchev–Trinajstić information content (AvgIpc) is 3.44. The van der Waals surface area contributed by atoms with Gasteiger partial charge in [0.25, 0.3) is 5.91 Å². The van der Waals surface area contributed by atoms with Crippen molar-refractivity contribution in [1.82, 2.24) is 10.3 Å². The maximum Gasteiger partial charge on any atom is 0.251 e. The number of benzene rings is 1. The number of carbonyl (C=O) groups is 1. The van der Waals surface area contributed by atoms with Crippen molar-refractivity contribution in [3.63, 3.8) is 0 Å². The normalized spacial score (nSPS) is 15.0. The summed E-state index contributed by atoms with van der Waals surface area (Å²) in [6, 6.07) is 11.0. The van der Waals surface area contributed by atoms with Crippen LogP contribution in [0, 0.1) is 5.92 Å². The highest BCUT2D eigenvalue weighted by atomic mass is 16.5. The van der Waals surface area contributed by atoms with Crippen LogP contribution >= 0.6 is 0 Å². The summed E-state index contributed by atoms with van der Waals surface area (Å²) in [5.41, 5.74) is 7.57. The zero-order chi connectivity index (χ0) is 16.1. The number of nitrogens with two attached hydrogens (primary N) is 1. The summed E-state index contributed by atoms with van der Waals surface area (Å²) in [6.45, 7) is 0.940. The lowest BCUT2D eigenvalue weighted by molar-refractivity contribution is 0.0950. The van der Waals surface area contributed by atoms with Crippen molar-refractivity contribution >= 4 is 5.91 Å². The molecule has 5 nitrogen and oxygen atoms in total. The molecule has 1 aromatic heterocycles. The smallest absolute Gasteiger partial charge is 0.251 e. The second-order valence-corrected chi connectivity index (χ2v) is 5.89. The van der Waals surface area contributed by atoms with Gasteiger partial charge in [-0.05, 0) is 43.0 Å². The third kappa shape index (κ3) is 4.53. The quantitative estimate of drug-likeness (QED) is 0.821. The third-order valence-corrected chi connectivity index (χ3v) is 3.95. The molecule has 1 unspecified atom stereocenters. The Morgan fingerprint density at radius 3 is 2.96 bits per heavy atom. The Bertz CT molecular complexity index is 656. The summed E-state index contributed by atoms with van der Waals surface area (Å²) in [5.74, 6) is 1.12. The maximum absolute atomic E-state index is 12.2. The second-order valence-electron chi connectivity index (χ2n) is 5.89. The number of nitrogens with zero attached hydrogens (tertiary/aromatic N) is 1. The second kappa shape index (κ2) is 7.24. The van der Waals surface area contributed by atoms with Crippen LogP contribution in [0.4, 0.5) is 0 Å². The van der Waals surface area contributed by atoms with Crippen molar-refractivity contribution in [1.29, 1.82) is 0 Å². The van der Waals surface area contributed by atoms with Gasteiger partial charge in [-0.3, -0.25) is 9.78 Å². The maximum atomic E-state index is 12.2. The Labute approximate surface area is 135 Å². The van der Waals surface area contributed by atoms with Crippen molar-refractivity contribution in [2.24, 2.45) is 11.7 Å². The molecule has 1 aromatic carbocycles. The summed E-state index contributed by atoms with van der Waals surface area (Å²) in [5, 5.41) is 2.89. The van der Waals surface area contributed by atoms with E-state index in [1.54, 1.807) is 24.5 Å². The molecule has 5 heteroatoms. The number of aromatic nitrogens is 1. The van der Waals surface area contributed by atoms with Crippen LogP contribution in [0.15, 0.2) is 48.8 Å². The van der Waals surface area contributed by atoms with E-state index in [1.165, 1.54) is 12.8 Å². The minimum atomic E-state index is -0.118. The Hall–Kier alpha value is -2.40. The molecule has 1 amide bonds. The number of hydrogen-bond acceptors (Lipinski definition) is 4. The summed E-state index contributed by atoms with van der Waals surface area (Å²) >= 11 is 0. The molecule has 1 atom stereocenters. The lowest BCUT2D eigenvalue weighted by Crippen LogP contribution is -2.38. The van der Waals surface area contributed by atoms with E-state index in [1.807, 2.05) is 24.3 Å². The molecule has 0 aliphatic heterocycles. The van der Waals surface area contributed by atoms with E-state index >= 15 is 0 Å². The number of carbonyl (C=O) groups excluding carboxylic acids is 1. The fourth-order valence-corrected chi connectivity index (χ4v) is 2.38. The van der Waals surface area contributed by atoms with E-state index < -0.39 is 0 Å². The fraction of sp³-hybridized carbons (Fsp3) is 0.333. The first kappa shape index (κ1) is 15.5. The first-order chi connectivity index (χ1) is 11.2. The van der Waals surface area contributed by atoms with E-state index in [0.717, 1.165) is 5.56 Å². The van der Waals surface area contributed by atoms with Gasteiger partial charge in [-0.15, -0.1) is 0 Å². The molecule has 2 aromatic rings. The molecular formula is C18H21N3O2. The minimum absolute atomic E-state index is 0.0592. The van der Waals surface area contributed by atoms with Crippen LogP contribution in [0.3, 0.4) is 0 Å². The van der Waals surface area contributed by atoms with Crippen molar-refractivity contribution < 1.29 is 9.53 Å². The number of hydrogen-bond donors (Lipinski definition) is 2. The fourth-order valence-electron chi connectivity index (χ4n) is 2.38. The highest BCUT2D eigenvalue weighted by molar-refractivity contribution is 5.94. The molecule has 23 heavy (non-hydrogen) atoms. The molecule has 0 radical (unpaired) electrons. The van der Waals surface area contributed by atoms with Gasteiger partial charge in [0.05, 0.1) is 0 Å². The van der Waals surface area contributed by atoms with Crippen LogP contribution in [-0.4, -0.2) is 23.5 Å². The van der Waals surface area contributed by atoms with Gasteiger partial charge in [-0.2, -0.15) is 0 Å². The van der Waals surface area contributed by atoms with E-state index in [-0.39, 0.29) is 11.9 Å². The van der Waals surface area contributed by atoms with Crippen molar-refractivity contribution in [3.8, 4) is 5.75 Å². The molecule has 0 bridgehead atoms. The number of ether oxygens (including phenoxy) is 1. The van der Waals surface area contributed by atoms with E-state index in [9.17, 15) is 4.79 Å². The lowest BCUT2D eigenvalue weighted by Gasteiger charge is -2.12. The molecule has 1 heterocycles. The van der Waals surface area contributed by atoms with Gasteiger partial charge in [0, 0.05) is 36.1 Å². The first-order valence-corrected chi connectivity index (χ1v) is 7.88. The Morgan fingerprint density at radius 2 is 2.22 bits per heavy atom. The molecule has 0 saturated heterocycles. The standard InChI is InChI=1S/C18H21N3O2/c19-17(14-6-7-14)11-21-18(22)15-4-1-5-16(9-15)23-12-13-3-2-8-20-10-13/h1-5,8-10,14,17H,6-7,11-12,19H2,(H,21,22). The van der Waals surface area contributed by atoms with Gasteiger partial charge >= 0.3 is 0 Å². The molecule has 1 fully saturated rings. The Balaban J connectivity index is 1.54. The van der Waals surface area contributed by atoms with Gasteiger partial charge in [-0.25, -0.2) is 0 Å². The van der Waals surface area contributed by atoms with Crippen molar-refractivity contribution in [3.05, 3.63) is 59.9 Å². The van der Waals surface area contributed by atoms with Crippen LogP contribution < -0.4 is 15.8 Å². The zero-order valence-electron chi connectivity index (χ0n) is 12.9. The lowest BCUT2D eigenvalue weighted by atomic mass is 10.1. The molecule has 1 aliphatic rings. The van der Waals surface area contributed by atoms with Crippen molar-refractivity contribution in [2.45, 2.75) is 25.5 Å². The molecule has 3 N–H and O–H groups in total. The SMILES string of the molecule is NC(CNC(=O)c1cccc(OCc2cccnc2)c1)C1CC1. The molecule has 1 aliphatic carbocycles. The summed E-state index contributed by atoms with van der Waals surface area (Å²) in [6.07, 6.45) is 5.83. The number of nitrogens with one attached hydrogen (secondary N) is 1. The van der Waals surface area contributed by atoms with Gasteiger partial charge in [0.1, 0.15) is 12.4 Å². The molecule has 3 rings (SSSR count). The van der Waals surface area contributed by atoms with Crippen LogP contribution in [-0.2, 0) is 6.61 Å². The first-order valence-electron chi connectivity index (χ1n) is 7.88. The van der Waals surface area contributed by atoms with Crippen LogP contribution in [0.2, 0.25) is 0 Å². The molecule has 1 saturated carbocycles. The van der Waals surface area contributed by atoms with Gasteiger partial charge in [-0.1, -0.05) is 12.1 Å². The minimum Gasteiger partial charge on any atom is -0.489 e. The third-order valence-electron chi connectivity index (χ3n) is 3.95. The summed E-state index contributed by atoms with van der Waals surface area (Å²) < 4.78 is 5.71. The van der Waals surface area contributed by atoms with Gasteiger partial charge < -0.3 is 15.8 Å². The predicted molar refractivity (Wildman–Crippen MR) is 88.0 cm³/mol. The highest BCUT2D eigenvalue weighted by Crippen LogP contribution is 2.31. The highest BCUT2D eigenvalue weighted by Gasteiger charge is 2.28.